The lowest BCUT2D eigenvalue weighted by Crippen LogP contribution is -2.13. The molecule has 0 aliphatic rings. The molecule has 0 amide bonds. The van der Waals surface area contributed by atoms with Gasteiger partial charge in [-0.3, -0.25) is 4.79 Å². The van der Waals surface area contributed by atoms with Crippen molar-refractivity contribution >= 4 is 5.78 Å². The molecule has 0 saturated carbocycles. The summed E-state index contributed by atoms with van der Waals surface area (Å²) in [6.45, 7) is 5.07. The molecule has 0 rings (SSSR count). The number of hydrogen-bond donors (Lipinski definition) is 0. The molecule has 0 N–H and O–H groups in total. The van der Waals surface area contributed by atoms with Gasteiger partial charge in [0.05, 0.1) is 0 Å². The van der Waals surface area contributed by atoms with Crippen LogP contribution in [-0.2, 0) is 9.53 Å². The zero-order valence-corrected chi connectivity index (χ0v) is 10.6. The van der Waals surface area contributed by atoms with Gasteiger partial charge in [-0.05, 0) is 25.7 Å². The van der Waals surface area contributed by atoms with E-state index in [-0.39, 0.29) is 0 Å². The lowest BCUT2D eigenvalue weighted by atomic mass is 9.92. The minimum atomic E-state index is 0.312. The number of Topliss-reactive ketones (excluding diaryl/α,β-unsaturated/α-hetero) is 1. The molecule has 0 aliphatic heterocycles. The van der Waals surface area contributed by atoms with E-state index < -0.39 is 0 Å². The van der Waals surface area contributed by atoms with Crippen LogP contribution in [0.4, 0.5) is 0 Å². The molecule has 0 radical (unpaired) electrons. The number of ether oxygens (including phenoxy) is 1. The van der Waals surface area contributed by atoms with Gasteiger partial charge in [0, 0.05) is 26.1 Å². The lowest BCUT2D eigenvalue weighted by molar-refractivity contribution is -0.123. The van der Waals surface area contributed by atoms with E-state index in [9.17, 15) is 4.79 Å². The maximum atomic E-state index is 11.8. The largest absolute Gasteiger partial charge is 0.385 e. The first-order chi connectivity index (χ1) is 7.26. The van der Waals surface area contributed by atoms with Gasteiger partial charge in [-0.25, -0.2) is 0 Å². The highest BCUT2D eigenvalue weighted by molar-refractivity contribution is 5.80. The summed E-state index contributed by atoms with van der Waals surface area (Å²) in [7, 11) is 1.71. The maximum absolute atomic E-state index is 11.8. The Balaban J connectivity index is 3.63. The van der Waals surface area contributed by atoms with Crippen molar-refractivity contribution in [3.63, 3.8) is 0 Å². The summed E-state index contributed by atoms with van der Waals surface area (Å²) < 4.78 is 4.96. The minimum Gasteiger partial charge on any atom is -0.385 e. The molecule has 15 heavy (non-hydrogen) atoms. The van der Waals surface area contributed by atoms with Crippen LogP contribution < -0.4 is 0 Å². The first kappa shape index (κ1) is 14.6. The van der Waals surface area contributed by atoms with Crippen molar-refractivity contribution in [1.29, 1.82) is 0 Å². The van der Waals surface area contributed by atoms with Crippen molar-refractivity contribution in [3.8, 4) is 0 Å². The van der Waals surface area contributed by atoms with E-state index >= 15 is 0 Å². The fraction of sp³-hybridized carbons (Fsp3) is 0.923. The molecule has 0 aliphatic carbocycles. The molecule has 0 fully saturated rings. The van der Waals surface area contributed by atoms with Crippen LogP contribution in [0, 0.1) is 5.92 Å². The Bertz CT molecular complexity index is 155. The van der Waals surface area contributed by atoms with Gasteiger partial charge in [0.25, 0.3) is 0 Å². The lowest BCUT2D eigenvalue weighted by Gasteiger charge is -2.12. The van der Waals surface area contributed by atoms with Gasteiger partial charge < -0.3 is 4.74 Å². The van der Waals surface area contributed by atoms with Gasteiger partial charge in [-0.15, -0.1) is 0 Å². The summed E-state index contributed by atoms with van der Waals surface area (Å²) in [5.74, 6) is 0.773. The third-order valence-electron chi connectivity index (χ3n) is 2.88. The molecular weight excluding hydrogens is 188 g/mol. The van der Waals surface area contributed by atoms with Crippen molar-refractivity contribution in [3.05, 3.63) is 0 Å². The fourth-order valence-corrected chi connectivity index (χ4v) is 1.79. The van der Waals surface area contributed by atoms with Gasteiger partial charge >= 0.3 is 0 Å². The number of unbranched alkanes of at least 4 members (excludes halogenated alkanes) is 2. The molecule has 2 nitrogen and oxygen atoms in total. The van der Waals surface area contributed by atoms with Gasteiger partial charge in [-0.2, -0.15) is 0 Å². The molecule has 0 bridgehead atoms. The highest BCUT2D eigenvalue weighted by atomic mass is 16.5. The number of rotatable bonds is 10. The average molecular weight is 214 g/mol. The molecule has 1 atom stereocenters. The van der Waals surface area contributed by atoms with Crippen LogP contribution in [0.15, 0.2) is 0 Å². The summed E-state index contributed by atoms with van der Waals surface area (Å²) in [6.07, 6.45) is 7.18. The van der Waals surface area contributed by atoms with E-state index in [0.29, 0.717) is 11.7 Å². The number of hydrogen-bond acceptors (Lipinski definition) is 2. The Morgan fingerprint density at radius 2 is 1.93 bits per heavy atom. The van der Waals surface area contributed by atoms with Gasteiger partial charge in [0.15, 0.2) is 0 Å². The Morgan fingerprint density at radius 3 is 2.47 bits per heavy atom. The predicted molar refractivity (Wildman–Crippen MR) is 64.0 cm³/mol. The Morgan fingerprint density at radius 1 is 1.20 bits per heavy atom. The molecule has 90 valence electrons. The highest BCUT2D eigenvalue weighted by Crippen LogP contribution is 2.16. The normalized spacial score (nSPS) is 12.7. The fourth-order valence-electron chi connectivity index (χ4n) is 1.79. The summed E-state index contributed by atoms with van der Waals surface area (Å²) in [5.41, 5.74) is 0. The van der Waals surface area contributed by atoms with Gasteiger partial charge in [0.2, 0.25) is 0 Å². The quantitative estimate of drug-likeness (QED) is 0.519. The molecule has 0 aromatic carbocycles. The second-order valence-electron chi connectivity index (χ2n) is 4.16. The second-order valence-corrected chi connectivity index (χ2v) is 4.16. The van der Waals surface area contributed by atoms with Crippen molar-refractivity contribution in [1.82, 2.24) is 0 Å². The number of methoxy groups -OCH3 is 1. The summed E-state index contributed by atoms with van der Waals surface area (Å²) in [4.78, 5) is 11.8. The van der Waals surface area contributed by atoms with Crippen molar-refractivity contribution in [2.24, 2.45) is 5.92 Å². The molecule has 0 aromatic rings. The molecule has 0 aromatic heterocycles. The van der Waals surface area contributed by atoms with Crippen molar-refractivity contribution in [2.45, 2.75) is 58.8 Å². The molecule has 0 spiro atoms. The molecule has 0 saturated heterocycles. The van der Waals surface area contributed by atoms with Crippen LogP contribution in [-0.4, -0.2) is 19.5 Å². The van der Waals surface area contributed by atoms with Gasteiger partial charge in [0.1, 0.15) is 5.78 Å². The van der Waals surface area contributed by atoms with Crippen molar-refractivity contribution in [2.75, 3.05) is 13.7 Å². The van der Waals surface area contributed by atoms with Crippen LogP contribution in [0.25, 0.3) is 0 Å². The minimum absolute atomic E-state index is 0.312. The highest BCUT2D eigenvalue weighted by Gasteiger charge is 2.14. The van der Waals surface area contributed by atoms with Crippen LogP contribution >= 0.6 is 0 Å². The first-order valence-electron chi connectivity index (χ1n) is 6.27. The van der Waals surface area contributed by atoms with Crippen LogP contribution in [0.3, 0.4) is 0 Å². The Kier molecular flexibility index (Phi) is 9.91. The topological polar surface area (TPSA) is 26.3 Å². The monoisotopic (exact) mass is 214 g/mol. The van der Waals surface area contributed by atoms with Crippen molar-refractivity contribution < 1.29 is 9.53 Å². The van der Waals surface area contributed by atoms with E-state index in [1.54, 1.807) is 7.11 Å². The average Bonchev–Trinajstić information content (AvgIpc) is 2.25. The van der Waals surface area contributed by atoms with Crippen LogP contribution in [0.2, 0.25) is 0 Å². The Labute approximate surface area is 94.4 Å². The number of carbonyl (C=O) groups excluding carboxylic acids is 1. The zero-order valence-electron chi connectivity index (χ0n) is 10.6. The Hall–Kier alpha value is -0.370. The summed E-state index contributed by atoms with van der Waals surface area (Å²) in [5, 5.41) is 0. The van der Waals surface area contributed by atoms with E-state index in [1.165, 1.54) is 12.8 Å². The summed E-state index contributed by atoms with van der Waals surface area (Å²) in [6, 6.07) is 0. The zero-order chi connectivity index (χ0) is 11.5. The van der Waals surface area contributed by atoms with E-state index in [4.69, 9.17) is 4.74 Å². The smallest absolute Gasteiger partial charge is 0.135 e. The third-order valence-corrected chi connectivity index (χ3v) is 2.88. The SMILES string of the molecule is CCCCC(CC)C(=O)CCCCOC. The second kappa shape index (κ2) is 10.2. The third kappa shape index (κ3) is 7.55. The van der Waals surface area contributed by atoms with Crippen LogP contribution in [0.5, 0.6) is 0 Å². The summed E-state index contributed by atoms with van der Waals surface area (Å²) >= 11 is 0. The predicted octanol–water partition coefficient (Wildman–Crippen LogP) is 3.59. The maximum Gasteiger partial charge on any atom is 0.135 e. The first-order valence-corrected chi connectivity index (χ1v) is 6.27. The molecule has 0 heterocycles. The van der Waals surface area contributed by atoms with E-state index in [1.807, 2.05) is 0 Å². The van der Waals surface area contributed by atoms with E-state index in [2.05, 4.69) is 13.8 Å². The number of carbonyl (C=O) groups is 1. The molecule has 2 heteroatoms. The van der Waals surface area contributed by atoms with Gasteiger partial charge in [-0.1, -0.05) is 26.7 Å². The number of ketones is 1. The molecular formula is C13H26O2. The van der Waals surface area contributed by atoms with E-state index in [0.717, 1.165) is 38.7 Å². The van der Waals surface area contributed by atoms with Crippen LogP contribution in [0.1, 0.15) is 58.8 Å². The molecule has 1 unspecified atom stereocenters. The standard InChI is InChI=1S/C13H26O2/c1-4-6-9-12(5-2)13(14)10-7-8-11-15-3/h12H,4-11H2,1-3H3.